The molecule has 1 aromatic rings. The zero-order chi connectivity index (χ0) is 16.0. The second kappa shape index (κ2) is 8.23. The molecular weight excluding hydrogens is 406 g/mol. The zero-order valence-electron chi connectivity index (χ0n) is 11.9. The highest BCUT2D eigenvalue weighted by molar-refractivity contribution is 9.11. The van der Waals surface area contributed by atoms with Crippen LogP contribution in [-0.2, 0) is 4.79 Å². The first-order chi connectivity index (χ1) is 9.88. The van der Waals surface area contributed by atoms with E-state index in [4.69, 9.17) is 4.74 Å². The summed E-state index contributed by atoms with van der Waals surface area (Å²) in [7, 11) is 1.56. The molecule has 1 atom stereocenters. The van der Waals surface area contributed by atoms with E-state index < -0.39 is 18.0 Å². The molecule has 0 aliphatic carbocycles. The molecule has 8 heteroatoms. The standard InChI is InChI=1S/C13H17Br2N3O3/c1-4-16-13(20)18-12(19)7(2)17-10-6-11(21-3)9(15)5-8(10)14/h5-7,17H,4H2,1-3H3,(H2,16,18,19,20). The van der Waals surface area contributed by atoms with Crippen molar-refractivity contribution < 1.29 is 14.3 Å². The topological polar surface area (TPSA) is 79.5 Å². The van der Waals surface area contributed by atoms with Crippen molar-refractivity contribution in [2.75, 3.05) is 19.0 Å². The van der Waals surface area contributed by atoms with Crippen LogP contribution in [0.2, 0.25) is 0 Å². The lowest BCUT2D eigenvalue weighted by Gasteiger charge is -2.17. The van der Waals surface area contributed by atoms with E-state index >= 15 is 0 Å². The van der Waals surface area contributed by atoms with Crippen molar-refractivity contribution in [3.63, 3.8) is 0 Å². The van der Waals surface area contributed by atoms with E-state index in [0.29, 0.717) is 18.0 Å². The fourth-order valence-electron chi connectivity index (χ4n) is 1.52. The normalized spacial score (nSPS) is 11.5. The van der Waals surface area contributed by atoms with E-state index in [1.54, 1.807) is 27.0 Å². The van der Waals surface area contributed by atoms with Crippen LogP contribution in [0, 0.1) is 0 Å². The molecule has 1 aromatic carbocycles. The first-order valence-electron chi connectivity index (χ1n) is 6.27. The number of nitrogens with one attached hydrogen (secondary N) is 3. The Labute approximate surface area is 140 Å². The molecule has 3 amide bonds. The summed E-state index contributed by atoms with van der Waals surface area (Å²) < 4.78 is 6.77. The Balaban J connectivity index is 2.76. The van der Waals surface area contributed by atoms with Gasteiger partial charge in [0.15, 0.2) is 0 Å². The van der Waals surface area contributed by atoms with Crippen LogP contribution < -0.4 is 20.7 Å². The maximum atomic E-state index is 11.9. The molecule has 0 aromatic heterocycles. The van der Waals surface area contributed by atoms with Crippen LogP contribution >= 0.6 is 31.9 Å². The summed E-state index contributed by atoms with van der Waals surface area (Å²) in [6.07, 6.45) is 0. The predicted molar refractivity (Wildman–Crippen MR) is 88.7 cm³/mol. The molecule has 3 N–H and O–H groups in total. The molecule has 116 valence electrons. The number of anilines is 1. The Hall–Kier alpha value is -1.28. The Morgan fingerprint density at radius 1 is 1.29 bits per heavy atom. The lowest BCUT2D eigenvalue weighted by molar-refractivity contribution is -0.120. The molecule has 1 unspecified atom stereocenters. The highest BCUT2D eigenvalue weighted by Crippen LogP contribution is 2.34. The van der Waals surface area contributed by atoms with Crippen molar-refractivity contribution in [1.29, 1.82) is 0 Å². The summed E-state index contributed by atoms with van der Waals surface area (Å²) in [5, 5.41) is 7.77. The molecule has 0 radical (unpaired) electrons. The third-order valence-corrected chi connectivity index (χ3v) is 3.86. The summed E-state index contributed by atoms with van der Waals surface area (Å²) in [6.45, 7) is 3.89. The number of rotatable bonds is 5. The number of urea groups is 1. The zero-order valence-corrected chi connectivity index (χ0v) is 15.1. The summed E-state index contributed by atoms with van der Waals surface area (Å²) in [6, 6.07) is 2.47. The number of hydrogen-bond donors (Lipinski definition) is 3. The minimum atomic E-state index is -0.588. The quantitative estimate of drug-likeness (QED) is 0.681. The Morgan fingerprint density at radius 2 is 1.95 bits per heavy atom. The second-order valence-electron chi connectivity index (χ2n) is 4.18. The predicted octanol–water partition coefficient (Wildman–Crippen LogP) is 2.87. The van der Waals surface area contributed by atoms with Gasteiger partial charge < -0.3 is 15.4 Å². The van der Waals surface area contributed by atoms with Crippen LogP contribution in [0.25, 0.3) is 0 Å². The van der Waals surface area contributed by atoms with Crippen molar-refractivity contribution in [3.05, 3.63) is 21.1 Å². The van der Waals surface area contributed by atoms with Gasteiger partial charge in [-0.05, 0) is 51.8 Å². The van der Waals surface area contributed by atoms with Crippen molar-refractivity contribution in [1.82, 2.24) is 10.6 Å². The fourth-order valence-corrected chi connectivity index (χ4v) is 2.79. The van der Waals surface area contributed by atoms with Gasteiger partial charge in [0.05, 0.1) is 17.3 Å². The lowest BCUT2D eigenvalue weighted by Crippen LogP contribution is -2.45. The molecule has 0 bridgehead atoms. The van der Waals surface area contributed by atoms with Crippen LogP contribution in [0.4, 0.5) is 10.5 Å². The lowest BCUT2D eigenvalue weighted by atomic mass is 10.2. The van der Waals surface area contributed by atoms with Gasteiger partial charge in [-0.2, -0.15) is 0 Å². The molecule has 0 aliphatic heterocycles. The summed E-state index contributed by atoms with van der Waals surface area (Å²) in [5.41, 5.74) is 0.689. The van der Waals surface area contributed by atoms with Crippen molar-refractivity contribution in [2.24, 2.45) is 0 Å². The summed E-state index contributed by atoms with van der Waals surface area (Å²) in [5.74, 6) is 0.215. The van der Waals surface area contributed by atoms with Gasteiger partial charge in [-0.25, -0.2) is 4.79 Å². The monoisotopic (exact) mass is 421 g/mol. The van der Waals surface area contributed by atoms with E-state index in [1.807, 2.05) is 6.07 Å². The minimum absolute atomic E-state index is 0.422. The maximum Gasteiger partial charge on any atom is 0.321 e. The van der Waals surface area contributed by atoms with E-state index in [1.165, 1.54) is 0 Å². The van der Waals surface area contributed by atoms with Gasteiger partial charge >= 0.3 is 6.03 Å². The maximum absolute atomic E-state index is 11.9. The molecular formula is C13H17Br2N3O3. The third kappa shape index (κ3) is 5.20. The van der Waals surface area contributed by atoms with Gasteiger partial charge in [-0.15, -0.1) is 0 Å². The van der Waals surface area contributed by atoms with Crippen molar-refractivity contribution in [3.8, 4) is 5.75 Å². The van der Waals surface area contributed by atoms with Gasteiger partial charge in [-0.1, -0.05) is 0 Å². The molecule has 6 nitrogen and oxygen atoms in total. The largest absolute Gasteiger partial charge is 0.495 e. The van der Waals surface area contributed by atoms with Crippen LogP contribution in [0.15, 0.2) is 21.1 Å². The molecule has 0 spiro atoms. The Bertz CT molecular complexity index is 538. The molecule has 0 saturated heterocycles. The van der Waals surface area contributed by atoms with Gasteiger partial charge in [0, 0.05) is 17.1 Å². The van der Waals surface area contributed by atoms with Crippen LogP contribution in [0.1, 0.15) is 13.8 Å². The second-order valence-corrected chi connectivity index (χ2v) is 5.89. The average molecular weight is 423 g/mol. The third-order valence-electron chi connectivity index (χ3n) is 2.58. The van der Waals surface area contributed by atoms with Crippen LogP contribution in [-0.4, -0.2) is 31.6 Å². The fraction of sp³-hybridized carbons (Fsp3) is 0.385. The molecule has 0 fully saturated rings. The SMILES string of the molecule is CCNC(=O)NC(=O)C(C)Nc1cc(OC)c(Br)cc1Br. The van der Waals surface area contributed by atoms with E-state index in [0.717, 1.165) is 8.95 Å². The summed E-state index contributed by atoms with van der Waals surface area (Å²) >= 11 is 6.78. The smallest absolute Gasteiger partial charge is 0.321 e. The van der Waals surface area contributed by atoms with Gasteiger partial charge in [0.1, 0.15) is 11.8 Å². The first kappa shape index (κ1) is 17.8. The number of amides is 3. The number of carbonyl (C=O) groups is 2. The molecule has 0 aliphatic rings. The van der Waals surface area contributed by atoms with Crippen molar-refractivity contribution in [2.45, 2.75) is 19.9 Å². The molecule has 0 heterocycles. The molecule has 0 saturated carbocycles. The van der Waals surface area contributed by atoms with Gasteiger partial charge in [0.25, 0.3) is 0 Å². The highest BCUT2D eigenvalue weighted by atomic mass is 79.9. The number of halogens is 2. The molecule has 1 rings (SSSR count). The van der Waals surface area contributed by atoms with Crippen LogP contribution in [0.3, 0.4) is 0 Å². The number of hydrogen-bond acceptors (Lipinski definition) is 4. The van der Waals surface area contributed by atoms with E-state index in [2.05, 4.69) is 47.8 Å². The number of carbonyl (C=O) groups excluding carboxylic acids is 2. The van der Waals surface area contributed by atoms with Gasteiger partial charge in [-0.3, -0.25) is 10.1 Å². The number of benzene rings is 1. The van der Waals surface area contributed by atoms with Gasteiger partial charge in [0.2, 0.25) is 5.91 Å². The Morgan fingerprint density at radius 3 is 2.52 bits per heavy atom. The minimum Gasteiger partial charge on any atom is -0.495 e. The van der Waals surface area contributed by atoms with E-state index in [-0.39, 0.29) is 0 Å². The average Bonchev–Trinajstić information content (AvgIpc) is 2.41. The summed E-state index contributed by atoms with van der Waals surface area (Å²) in [4.78, 5) is 23.2. The number of methoxy groups -OCH3 is 1. The van der Waals surface area contributed by atoms with Crippen LogP contribution in [0.5, 0.6) is 5.75 Å². The highest BCUT2D eigenvalue weighted by Gasteiger charge is 2.17. The number of imide groups is 1. The number of ether oxygens (including phenoxy) is 1. The van der Waals surface area contributed by atoms with E-state index in [9.17, 15) is 9.59 Å². The molecule has 21 heavy (non-hydrogen) atoms. The van der Waals surface area contributed by atoms with Crippen molar-refractivity contribution >= 4 is 49.5 Å². The Kier molecular flexibility index (Phi) is 6.97. The first-order valence-corrected chi connectivity index (χ1v) is 7.85.